The fourth-order valence-electron chi connectivity index (χ4n) is 6.60. The van der Waals surface area contributed by atoms with Gasteiger partial charge in [0.1, 0.15) is 0 Å². The second kappa shape index (κ2) is 7.41. The van der Waals surface area contributed by atoms with E-state index in [0.717, 1.165) is 30.4 Å². The maximum absolute atomic E-state index is 13.1. The van der Waals surface area contributed by atoms with Gasteiger partial charge >= 0.3 is 6.03 Å². The lowest BCUT2D eigenvalue weighted by Crippen LogP contribution is -2.54. The van der Waals surface area contributed by atoms with E-state index >= 15 is 0 Å². The molecule has 4 aliphatic carbocycles. The molecule has 1 heterocycles. The molecule has 1 saturated heterocycles. The fraction of sp³-hybridized carbons (Fsp3) is 0.652. The highest BCUT2D eigenvalue weighted by Crippen LogP contribution is 2.56. The predicted molar refractivity (Wildman–Crippen MR) is 109 cm³/mol. The molecule has 150 valence electrons. The Bertz CT molecular complexity index is 699. The summed E-state index contributed by atoms with van der Waals surface area (Å²) in [6.45, 7) is 1.40. The van der Waals surface area contributed by atoms with Crippen LogP contribution in [0.3, 0.4) is 0 Å². The number of nitrogens with one attached hydrogen (secondary N) is 2. The number of anilines is 1. The van der Waals surface area contributed by atoms with Gasteiger partial charge in [-0.25, -0.2) is 4.79 Å². The van der Waals surface area contributed by atoms with Crippen LogP contribution in [0.1, 0.15) is 44.9 Å². The molecule has 1 aromatic rings. The number of benzene rings is 1. The second-order valence-corrected chi connectivity index (χ2v) is 9.52. The number of urea groups is 1. The molecule has 5 aliphatic rings. The summed E-state index contributed by atoms with van der Waals surface area (Å²) in [6, 6.07) is 9.74. The van der Waals surface area contributed by atoms with Gasteiger partial charge in [-0.1, -0.05) is 18.2 Å². The number of carbonyl (C=O) groups excluding carboxylic acids is 2. The Morgan fingerprint density at radius 1 is 0.857 bits per heavy atom. The van der Waals surface area contributed by atoms with Crippen LogP contribution in [0.25, 0.3) is 0 Å². The average molecular weight is 382 g/mol. The van der Waals surface area contributed by atoms with Gasteiger partial charge in [-0.3, -0.25) is 4.79 Å². The van der Waals surface area contributed by atoms with Crippen LogP contribution in [0, 0.1) is 29.6 Å². The van der Waals surface area contributed by atoms with Gasteiger partial charge in [0.25, 0.3) is 0 Å². The highest BCUT2D eigenvalue weighted by molar-refractivity contribution is 5.89. The van der Waals surface area contributed by atoms with Crippen molar-refractivity contribution in [1.29, 1.82) is 0 Å². The molecule has 1 aromatic carbocycles. The smallest absolute Gasteiger partial charge is 0.321 e. The summed E-state index contributed by atoms with van der Waals surface area (Å²) in [6.07, 6.45) is 8.24. The number of piperidine rings is 1. The summed E-state index contributed by atoms with van der Waals surface area (Å²) in [4.78, 5) is 27.4. The van der Waals surface area contributed by atoms with Crippen molar-refractivity contribution in [2.75, 3.05) is 18.4 Å². The molecule has 5 heteroatoms. The van der Waals surface area contributed by atoms with Gasteiger partial charge in [0, 0.05) is 30.7 Å². The van der Waals surface area contributed by atoms with Gasteiger partial charge in [-0.05, 0) is 80.8 Å². The molecule has 0 aromatic heterocycles. The third-order valence-corrected chi connectivity index (χ3v) is 7.68. The zero-order valence-electron chi connectivity index (χ0n) is 16.5. The quantitative estimate of drug-likeness (QED) is 0.835. The average Bonchev–Trinajstić information content (AvgIpc) is 2.68. The predicted octanol–water partition coefficient (Wildman–Crippen LogP) is 3.87. The zero-order valence-corrected chi connectivity index (χ0v) is 16.5. The SMILES string of the molecule is O=C(NC1CCN(C(=O)Nc2ccccc2)CC1)C1C2CC3CC(C2)CC1C3. The van der Waals surface area contributed by atoms with Gasteiger partial charge in [-0.15, -0.1) is 0 Å². The molecule has 3 amide bonds. The number of amides is 3. The number of hydrogen-bond donors (Lipinski definition) is 2. The van der Waals surface area contributed by atoms with E-state index in [4.69, 9.17) is 0 Å². The summed E-state index contributed by atoms with van der Waals surface area (Å²) in [7, 11) is 0. The summed E-state index contributed by atoms with van der Waals surface area (Å²) < 4.78 is 0. The largest absolute Gasteiger partial charge is 0.353 e. The van der Waals surface area contributed by atoms with E-state index in [9.17, 15) is 9.59 Å². The van der Waals surface area contributed by atoms with Crippen LogP contribution in [0.4, 0.5) is 10.5 Å². The Morgan fingerprint density at radius 2 is 1.46 bits per heavy atom. The Morgan fingerprint density at radius 3 is 2.07 bits per heavy atom. The van der Waals surface area contributed by atoms with E-state index < -0.39 is 0 Å². The van der Waals surface area contributed by atoms with E-state index in [1.54, 1.807) is 0 Å². The molecule has 0 unspecified atom stereocenters. The molecule has 2 N–H and O–H groups in total. The zero-order chi connectivity index (χ0) is 19.1. The number of likely N-dealkylation sites (tertiary alicyclic amines) is 1. The van der Waals surface area contributed by atoms with Crippen LogP contribution in [0.5, 0.6) is 0 Å². The maximum Gasteiger partial charge on any atom is 0.321 e. The van der Waals surface area contributed by atoms with Crippen LogP contribution in [0.2, 0.25) is 0 Å². The van der Waals surface area contributed by atoms with Gasteiger partial charge < -0.3 is 15.5 Å². The lowest BCUT2D eigenvalue weighted by atomic mass is 9.51. The van der Waals surface area contributed by atoms with Crippen molar-refractivity contribution in [3.05, 3.63) is 30.3 Å². The normalized spacial score (nSPS) is 34.3. The van der Waals surface area contributed by atoms with Crippen LogP contribution in [-0.4, -0.2) is 36.0 Å². The van der Waals surface area contributed by atoms with Crippen molar-refractivity contribution in [2.45, 2.75) is 51.0 Å². The van der Waals surface area contributed by atoms with E-state index in [1.165, 1.54) is 32.1 Å². The number of carbonyl (C=O) groups is 2. The van der Waals surface area contributed by atoms with Gasteiger partial charge in [0.2, 0.25) is 5.91 Å². The molecule has 6 rings (SSSR count). The van der Waals surface area contributed by atoms with Crippen molar-refractivity contribution < 1.29 is 9.59 Å². The van der Waals surface area contributed by atoms with E-state index in [0.29, 0.717) is 30.8 Å². The van der Waals surface area contributed by atoms with E-state index in [1.807, 2.05) is 35.2 Å². The topological polar surface area (TPSA) is 61.4 Å². The van der Waals surface area contributed by atoms with Crippen molar-refractivity contribution in [2.24, 2.45) is 29.6 Å². The van der Waals surface area contributed by atoms with Crippen molar-refractivity contribution in [1.82, 2.24) is 10.2 Å². The molecule has 1 aliphatic heterocycles. The Hall–Kier alpha value is -2.04. The third kappa shape index (κ3) is 3.51. The fourth-order valence-corrected chi connectivity index (χ4v) is 6.60. The number of hydrogen-bond acceptors (Lipinski definition) is 2. The first-order chi connectivity index (χ1) is 13.7. The summed E-state index contributed by atoms with van der Waals surface area (Å²) in [5.74, 6) is 3.63. The maximum atomic E-state index is 13.1. The Labute approximate surface area is 167 Å². The van der Waals surface area contributed by atoms with E-state index in [-0.39, 0.29) is 18.0 Å². The minimum Gasteiger partial charge on any atom is -0.353 e. The van der Waals surface area contributed by atoms with E-state index in [2.05, 4.69) is 10.6 Å². The molecule has 0 spiro atoms. The van der Waals surface area contributed by atoms with Crippen LogP contribution >= 0.6 is 0 Å². The van der Waals surface area contributed by atoms with Crippen LogP contribution in [-0.2, 0) is 4.79 Å². The van der Waals surface area contributed by atoms with Gasteiger partial charge in [-0.2, -0.15) is 0 Å². The number of nitrogens with zero attached hydrogens (tertiary/aromatic N) is 1. The monoisotopic (exact) mass is 381 g/mol. The van der Waals surface area contributed by atoms with Crippen molar-refractivity contribution in [3.63, 3.8) is 0 Å². The molecule has 0 atom stereocenters. The first-order valence-corrected chi connectivity index (χ1v) is 11.1. The van der Waals surface area contributed by atoms with Crippen molar-refractivity contribution in [3.8, 4) is 0 Å². The first-order valence-electron chi connectivity index (χ1n) is 11.1. The molecule has 0 radical (unpaired) electrons. The summed E-state index contributed by atoms with van der Waals surface area (Å²) in [5, 5.41) is 6.31. The number of para-hydroxylation sites is 1. The van der Waals surface area contributed by atoms with Crippen LogP contribution in [0.15, 0.2) is 30.3 Å². The summed E-state index contributed by atoms with van der Waals surface area (Å²) >= 11 is 0. The Kier molecular flexibility index (Phi) is 4.77. The minimum atomic E-state index is -0.0444. The molecular formula is C23H31N3O2. The standard InChI is InChI=1S/C23H31N3O2/c27-22(21-17-11-15-10-16(13-17)14-18(21)12-15)24-20-6-8-26(9-7-20)23(28)25-19-4-2-1-3-5-19/h1-5,15-18,20-21H,6-14H2,(H,24,27)(H,25,28). The summed E-state index contributed by atoms with van der Waals surface area (Å²) in [5.41, 5.74) is 0.824. The minimum absolute atomic E-state index is 0.0444. The third-order valence-electron chi connectivity index (χ3n) is 7.68. The molecule has 4 bridgehead atoms. The Balaban J connectivity index is 1.11. The molecular weight excluding hydrogens is 350 g/mol. The lowest BCUT2D eigenvalue weighted by molar-refractivity contribution is -0.139. The molecule has 28 heavy (non-hydrogen) atoms. The molecule has 5 nitrogen and oxygen atoms in total. The highest BCUT2D eigenvalue weighted by Gasteiger charge is 2.50. The van der Waals surface area contributed by atoms with Crippen LogP contribution < -0.4 is 10.6 Å². The lowest BCUT2D eigenvalue weighted by Gasteiger charge is -2.53. The van der Waals surface area contributed by atoms with Crippen molar-refractivity contribution >= 4 is 17.6 Å². The molecule has 5 fully saturated rings. The molecule has 4 saturated carbocycles. The highest BCUT2D eigenvalue weighted by atomic mass is 16.2. The van der Waals surface area contributed by atoms with Gasteiger partial charge in [0.05, 0.1) is 0 Å². The number of rotatable bonds is 3. The first kappa shape index (κ1) is 18.0. The second-order valence-electron chi connectivity index (χ2n) is 9.52. The van der Waals surface area contributed by atoms with Gasteiger partial charge in [0.15, 0.2) is 0 Å².